The average molecular weight is 265 g/mol. The van der Waals surface area contributed by atoms with Gasteiger partial charge in [0.15, 0.2) is 0 Å². The molecule has 0 aromatic carbocycles. The summed E-state index contributed by atoms with van der Waals surface area (Å²) < 4.78 is 0. The fourth-order valence-electron chi connectivity index (χ4n) is 2.76. The quantitative estimate of drug-likeness (QED) is 0.757. The highest BCUT2D eigenvalue weighted by atomic mass is 16.2. The fraction of sp³-hybridized carbons (Fsp3) is 0.786. The van der Waals surface area contributed by atoms with Gasteiger partial charge in [0, 0.05) is 6.04 Å². The van der Waals surface area contributed by atoms with Crippen LogP contribution in [0.5, 0.6) is 0 Å². The van der Waals surface area contributed by atoms with E-state index in [9.17, 15) is 9.59 Å². The second-order valence-corrected chi connectivity index (χ2v) is 5.85. The van der Waals surface area contributed by atoms with E-state index in [0.717, 1.165) is 25.7 Å². The molecule has 0 atom stereocenters. The summed E-state index contributed by atoms with van der Waals surface area (Å²) in [5.74, 6) is 0.0761. The van der Waals surface area contributed by atoms with Crippen molar-refractivity contribution < 1.29 is 9.59 Å². The van der Waals surface area contributed by atoms with Gasteiger partial charge in [0.05, 0.1) is 6.54 Å². The van der Waals surface area contributed by atoms with Gasteiger partial charge < -0.3 is 10.6 Å². The molecule has 0 unspecified atom stereocenters. The molecule has 2 aliphatic rings. The van der Waals surface area contributed by atoms with Gasteiger partial charge >= 0.3 is 0 Å². The molecule has 1 saturated carbocycles. The lowest BCUT2D eigenvalue weighted by molar-refractivity contribution is -0.142. The molecule has 1 aliphatic heterocycles. The second kappa shape index (κ2) is 5.82. The van der Waals surface area contributed by atoms with Crippen molar-refractivity contribution in [2.24, 2.45) is 10.4 Å². The van der Waals surface area contributed by atoms with Gasteiger partial charge in [-0.25, -0.2) is 0 Å². The molecule has 0 aromatic heterocycles. The van der Waals surface area contributed by atoms with Crippen LogP contribution in [0.4, 0.5) is 0 Å². The molecular weight excluding hydrogens is 242 g/mol. The zero-order valence-corrected chi connectivity index (χ0v) is 11.8. The van der Waals surface area contributed by atoms with E-state index in [0.29, 0.717) is 31.3 Å². The van der Waals surface area contributed by atoms with Crippen LogP contribution in [0.25, 0.3) is 0 Å². The molecule has 2 amide bonds. The number of rotatable bonds is 3. The van der Waals surface area contributed by atoms with Crippen molar-refractivity contribution in [1.29, 1.82) is 0 Å². The molecule has 1 fully saturated rings. The summed E-state index contributed by atoms with van der Waals surface area (Å²) in [6.45, 7) is 4.46. The molecule has 2 rings (SSSR count). The van der Waals surface area contributed by atoms with Crippen LogP contribution >= 0.6 is 0 Å². The van der Waals surface area contributed by atoms with Crippen LogP contribution in [-0.2, 0) is 9.59 Å². The van der Waals surface area contributed by atoms with E-state index in [1.165, 1.54) is 0 Å². The first-order chi connectivity index (χ1) is 9.04. The van der Waals surface area contributed by atoms with Crippen LogP contribution in [0.15, 0.2) is 4.99 Å². The van der Waals surface area contributed by atoms with Crippen LogP contribution in [0, 0.1) is 5.41 Å². The first-order valence-electron chi connectivity index (χ1n) is 7.21. The minimum atomic E-state index is -0.877. The topological polar surface area (TPSA) is 70.6 Å². The molecular formula is C14H23N3O2. The summed E-state index contributed by atoms with van der Waals surface area (Å²) in [6.07, 6.45) is 5.38. The minimum absolute atomic E-state index is 0.144. The summed E-state index contributed by atoms with van der Waals surface area (Å²) in [6, 6.07) is 0.295. The molecule has 5 nitrogen and oxygen atoms in total. The monoisotopic (exact) mass is 265 g/mol. The van der Waals surface area contributed by atoms with Crippen molar-refractivity contribution in [1.82, 2.24) is 10.6 Å². The molecule has 1 aliphatic carbocycles. The third-order valence-electron chi connectivity index (χ3n) is 3.97. The molecule has 106 valence electrons. The largest absolute Gasteiger partial charge is 0.312 e. The molecule has 0 aromatic rings. The van der Waals surface area contributed by atoms with Crippen LogP contribution in [0.2, 0.25) is 0 Å². The van der Waals surface area contributed by atoms with Gasteiger partial charge in [0.1, 0.15) is 11.3 Å². The smallest absolute Gasteiger partial charge is 0.263 e. The number of hydrogen-bond acceptors (Lipinski definition) is 3. The van der Waals surface area contributed by atoms with Gasteiger partial charge in [-0.1, -0.05) is 39.5 Å². The maximum Gasteiger partial charge on any atom is 0.263 e. The van der Waals surface area contributed by atoms with E-state index < -0.39 is 5.41 Å². The molecule has 1 spiro atoms. The van der Waals surface area contributed by atoms with Gasteiger partial charge in [-0.3, -0.25) is 9.59 Å². The van der Waals surface area contributed by atoms with Gasteiger partial charge in [-0.15, -0.1) is 0 Å². The Morgan fingerprint density at radius 3 is 2.37 bits per heavy atom. The fourth-order valence-corrected chi connectivity index (χ4v) is 2.76. The van der Waals surface area contributed by atoms with Crippen molar-refractivity contribution >= 4 is 17.6 Å². The third-order valence-corrected chi connectivity index (χ3v) is 3.97. The number of amides is 2. The molecule has 1 heterocycles. The van der Waals surface area contributed by atoms with Crippen molar-refractivity contribution in [3.05, 3.63) is 0 Å². The normalized spacial score (nSPS) is 23.2. The molecule has 0 bridgehead atoms. The molecule has 0 radical (unpaired) electrons. The van der Waals surface area contributed by atoms with Gasteiger partial charge in [-0.2, -0.15) is 4.99 Å². The van der Waals surface area contributed by atoms with E-state index in [-0.39, 0.29) is 11.8 Å². The van der Waals surface area contributed by atoms with E-state index in [1.807, 2.05) is 13.8 Å². The number of nitrogens with one attached hydrogen (secondary N) is 2. The first-order valence-corrected chi connectivity index (χ1v) is 7.21. The van der Waals surface area contributed by atoms with Gasteiger partial charge in [0.25, 0.3) is 5.91 Å². The summed E-state index contributed by atoms with van der Waals surface area (Å²) >= 11 is 0. The van der Waals surface area contributed by atoms with Crippen molar-refractivity contribution in [3.8, 4) is 0 Å². The highest BCUT2D eigenvalue weighted by Gasteiger charge is 2.48. The first kappa shape index (κ1) is 14.2. The summed E-state index contributed by atoms with van der Waals surface area (Å²) in [4.78, 5) is 28.8. The number of aliphatic imine (C=N–C) groups is 1. The van der Waals surface area contributed by atoms with Crippen molar-refractivity contribution in [2.75, 3.05) is 6.54 Å². The summed E-state index contributed by atoms with van der Waals surface area (Å²) in [5, 5.41) is 5.98. The zero-order chi connectivity index (χ0) is 13.9. The Labute approximate surface area is 114 Å². The van der Waals surface area contributed by atoms with Crippen LogP contribution in [-0.4, -0.2) is 30.2 Å². The van der Waals surface area contributed by atoms with Crippen molar-refractivity contribution in [3.63, 3.8) is 0 Å². The Morgan fingerprint density at radius 1 is 1.21 bits per heavy atom. The lowest BCUT2D eigenvalue weighted by Crippen LogP contribution is -2.54. The lowest BCUT2D eigenvalue weighted by atomic mass is 9.77. The number of hydrogen-bond donors (Lipinski definition) is 2. The molecule has 19 heavy (non-hydrogen) atoms. The minimum Gasteiger partial charge on any atom is -0.312 e. The maximum absolute atomic E-state index is 12.3. The highest BCUT2D eigenvalue weighted by Crippen LogP contribution is 2.37. The Morgan fingerprint density at radius 2 is 1.84 bits per heavy atom. The predicted molar refractivity (Wildman–Crippen MR) is 73.9 cm³/mol. The molecule has 0 saturated heterocycles. The van der Waals surface area contributed by atoms with Crippen LogP contribution in [0.3, 0.4) is 0 Å². The Bertz CT molecular complexity index is 393. The SMILES string of the molecule is CC(C)NCC1=NC(=O)C2(CCCCCC2)C(=O)N1. The van der Waals surface area contributed by atoms with Gasteiger partial charge in [0.2, 0.25) is 5.91 Å². The Kier molecular flexibility index (Phi) is 4.34. The number of carbonyl (C=O) groups is 2. The summed E-state index contributed by atoms with van der Waals surface area (Å²) in [7, 11) is 0. The predicted octanol–water partition coefficient (Wildman–Crippen LogP) is 1.38. The zero-order valence-electron chi connectivity index (χ0n) is 11.8. The average Bonchev–Trinajstić information content (AvgIpc) is 2.60. The summed E-state index contributed by atoms with van der Waals surface area (Å²) in [5.41, 5.74) is -0.877. The van der Waals surface area contributed by atoms with E-state index in [1.54, 1.807) is 0 Å². The van der Waals surface area contributed by atoms with E-state index in [2.05, 4.69) is 15.6 Å². The van der Waals surface area contributed by atoms with E-state index in [4.69, 9.17) is 0 Å². The Balaban J connectivity index is 2.12. The van der Waals surface area contributed by atoms with Crippen LogP contribution < -0.4 is 10.6 Å². The van der Waals surface area contributed by atoms with E-state index >= 15 is 0 Å². The van der Waals surface area contributed by atoms with Crippen molar-refractivity contribution in [2.45, 2.75) is 58.4 Å². The standard InChI is InChI=1S/C14H23N3O2/c1-10(2)15-9-11-16-12(18)14(13(19)17-11)7-5-3-4-6-8-14/h10,15H,3-9H2,1-2H3,(H,16,17,18,19). The third kappa shape index (κ3) is 3.03. The molecule has 5 heteroatoms. The highest BCUT2D eigenvalue weighted by molar-refractivity contribution is 6.19. The molecule has 2 N–H and O–H groups in total. The van der Waals surface area contributed by atoms with Gasteiger partial charge in [-0.05, 0) is 12.8 Å². The lowest BCUT2D eigenvalue weighted by Gasteiger charge is -2.31. The maximum atomic E-state index is 12.3. The van der Waals surface area contributed by atoms with Crippen LogP contribution in [0.1, 0.15) is 52.4 Å². The number of nitrogens with zero attached hydrogens (tertiary/aromatic N) is 1. The number of amidine groups is 1. The number of carbonyl (C=O) groups excluding carboxylic acids is 2. The Hall–Kier alpha value is -1.23. The second-order valence-electron chi connectivity index (χ2n) is 5.85.